The van der Waals surface area contributed by atoms with Crippen LogP contribution in [0.25, 0.3) is 0 Å². The van der Waals surface area contributed by atoms with Crippen LogP contribution in [0.3, 0.4) is 0 Å². The third-order valence-corrected chi connectivity index (χ3v) is 2.63. The van der Waals surface area contributed by atoms with Crippen LogP contribution in [0.1, 0.15) is 12.5 Å². The standard InChI is InChI=1S/C13H19F3N2/c1-3-18(8-7-17-10-13(14,15)16)12-6-4-5-11(2)9-12/h4-6,9,17H,3,7-8,10H2,1-2H3. The average molecular weight is 260 g/mol. The average Bonchev–Trinajstić information content (AvgIpc) is 2.27. The molecule has 1 aromatic carbocycles. The predicted molar refractivity (Wildman–Crippen MR) is 68.0 cm³/mol. The number of benzene rings is 1. The molecule has 2 nitrogen and oxygen atoms in total. The summed E-state index contributed by atoms with van der Waals surface area (Å²) in [4.78, 5) is 2.05. The van der Waals surface area contributed by atoms with Crippen LogP contribution in [0.4, 0.5) is 18.9 Å². The van der Waals surface area contributed by atoms with Crippen molar-refractivity contribution in [1.29, 1.82) is 0 Å². The minimum Gasteiger partial charge on any atom is -0.371 e. The lowest BCUT2D eigenvalue weighted by atomic mass is 10.2. The van der Waals surface area contributed by atoms with Crippen LogP contribution in [0.2, 0.25) is 0 Å². The van der Waals surface area contributed by atoms with Gasteiger partial charge < -0.3 is 10.2 Å². The Kier molecular flexibility index (Phi) is 5.47. The fraction of sp³-hybridized carbons (Fsp3) is 0.538. The van der Waals surface area contributed by atoms with Crippen LogP contribution in [0.15, 0.2) is 24.3 Å². The van der Waals surface area contributed by atoms with Crippen molar-refractivity contribution < 1.29 is 13.2 Å². The van der Waals surface area contributed by atoms with Crippen LogP contribution in [-0.4, -0.2) is 32.4 Å². The van der Waals surface area contributed by atoms with E-state index in [0.717, 1.165) is 17.8 Å². The van der Waals surface area contributed by atoms with E-state index in [1.54, 1.807) is 0 Å². The van der Waals surface area contributed by atoms with Gasteiger partial charge in [-0.1, -0.05) is 12.1 Å². The predicted octanol–water partition coefficient (Wildman–Crippen LogP) is 2.97. The zero-order valence-corrected chi connectivity index (χ0v) is 10.7. The van der Waals surface area contributed by atoms with Gasteiger partial charge in [-0.25, -0.2) is 0 Å². The molecule has 18 heavy (non-hydrogen) atoms. The molecule has 5 heteroatoms. The largest absolute Gasteiger partial charge is 0.401 e. The Labute approximate surface area is 106 Å². The number of nitrogens with zero attached hydrogens (tertiary/aromatic N) is 1. The topological polar surface area (TPSA) is 15.3 Å². The number of hydrogen-bond donors (Lipinski definition) is 1. The molecule has 0 spiro atoms. The maximum atomic E-state index is 12.0. The number of anilines is 1. The molecular formula is C13H19F3N2. The molecular weight excluding hydrogens is 241 g/mol. The summed E-state index contributed by atoms with van der Waals surface area (Å²) in [5, 5.41) is 2.41. The first-order chi connectivity index (χ1) is 8.42. The monoisotopic (exact) mass is 260 g/mol. The number of aryl methyl sites for hydroxylation is 1. The highest BCUT2D eigenvalue weighted by Gasteiger charge is 2.25. The van der Waals surface area contributed by atoms with Crippen molar-refractivity contribution in [2.45, 2.75) is 20.0 Å². The Morgan fingerprint density at radius 2 is 2.00 bits per heavy atom. The van der Waals surface area contributed by atoms with Gasteiger partial charge in [-0.15, -0.1) is 0 Å². The second-order valence-corrected chi connectivity index (χ2v) is 4.21. The third kappa shape index (κ3) is 5.40. The van der Waals surface area contributed by atoms with Crippen molar-refractivity contribution in [3.63, 3.8) is 0 Å². The minimum atomic E-state index is -4.14. The number of nitrogens with one attached hydrogen (secondary N) is 1. The van der Waals surface area contributed by atoms with Crippen LogP contribution in [-0.2, 0) is 0 Å². The summed E-state index contributed by atoms with van der Waals surface area (Å²) in [6.45, 7) is 4.72. The molecule has 1 N–H and O–H groups in total. The van der Waals surface area contributed by atoms with Crippen molar-refractivity contribution in [1.82, 2.24) is 5.32 Å². The molecule has 0 atom stereocenters. The molecule has 0 aliphatic heterocycles. The van der Waals surface area contributed by atoms with E-state index in [9.17, 15) is 13.2 Å². The van der Waals surface area contributed by atoms with Gasteiger partial charge in [0.2, 0.25) is 0 Å². The smallest absolute Gasteiger partial charge is 0.371 e. The molecule has 0 radical (unpaired) electrons. The Balaban J connectivity index is 2.43. The van der Waals surface area contributed by atoms with Crippen LogP contribution >= 0.6 is 0 Å². The normalized spacial score (nSPS) is 11.6. The fourth-order valence-corrected chi connectivity index (χ4v) is 1.74. The molecule has 102 valence electrons. The molecule has 0 aliphatic carbocycles. The maximum absolute atomic E-state index is 12.0. The summed E-state index contributed by atoms with van der Waals surface area (Å²) in [5.74, 6) is 0. The van der Waals surface area contributed by atoms with Crippen molar-refractivity contribution in [3.8, 4) is 0 Å². The second-order valence-electron chi connectivity index (χ2n) is 4.21. The number of alkyl halides is 3. The minimum absolute atomic E-state index is 0.321. The van der Waals surface area contributed by atoms with Crippen LogP contribution in [0.5, 0.6) is 0 Å². The maximum Gasteiger partial charge on any atom is 0.401 e. The van der Waals surface area contributed by atoms with Gasteiger partial charge in [-0.2, -0.15) is 13.2 Å². The van der Waals surface area contributed by atoms with E-state index < -0.39 is 12.7 Å². The molecule has 0 heterocycles. The van der Waals surface area contributed by atoms with Gasteiger partial charge in [-0.05, 0) is 31.5 Å². The molecule has 0 saturated heterocycles. The highest BCUT2D eigenvalue weighted by atomic mass is 19.4. The van der Waals surface area contributed by atoms with E-state index in [-0.39, 0.29) is 0 Å². The molecule has 0 amide bonds. The Hall–Kier alpha value is -1.23. The number of halogens is 3. The van der Waals surface area contributed by atoms with Crippen molar-refractivity contribution in [3.05, 3.63) is 29.8 Å². The Morgan fingerprint density at radius 3 is 2.56 bits per heavy atom. The lowest BCUT2D eigenvalue weighted by Gasteiger charge is -2.23. The van der Waals surface area contributed by atoms with Gasteiger partial charge >= 0.3 is 6.18 Å². The van der Waals surface area contributed by atoms with E-state index >= 15 is 0 Å². The fourth-order valence-electron chi connectivity index (χ4n) is 1.74. The zero-order valence-electron chi connectivity index (χ0n) is 10.7. The van der Waals surface area contributed by atoms with Gasteiger partial charge in [0, 0.05) is 25.3 Å². The Bertz CT molecular complexity index is 363. The van der Waals surface area contributed by atoms with E-state index in [2.05, 4.69) is 10.2 Å². The summed E-state index contributed by atoms with van der Waals surface area (Å²) in [7, 11) is 0. The highest BCUT2D eigenvalue weighted by Crippen LogP contribution is 2.15. The first kappa shape index (κ1) is 14.8. The van der Waals surface area contributed by atoms with Gasteiger partial charge in [0.05, 0.1) is 6.54 Å². The number of rotatable bonds is 6. The van der Waals surface area contributed by atoms with Gasteiger partial charge in [0.25, 0.3) is 0 Å². The van der Waals surface area contributed by atoms with E-state index in [4.69, 9.17) is 0 Å². The molecule has 0 aromatic heterocycles. The zero-order chi connectivity index (χ0) is 13.6. The molecule has 0 fully saturated rings. The molecule has 0 bridgehead atoms. The van der Waals surface area contributed by atoms with Gasteiger partial charge in [-0.3, -0.25) is 0 Å². The summed E-state index contributed by atoms with van der Waals surface area (Å²) in [5.41, 5.74) is 2.19. The molecule has 0 saturated carbocycles. The summed E-state index contributed by atoms with van der Waals surface area (Å²) >= 11 is 0. The number of likely N-dealkylation sites (N-methyl/N-ethyl adjacent to an activating group) is 1. The highest BCUT2D eigenvalue weighted by molar-refractivity contribution is 5.48. The van der Waals surface area contributed by atoms with E-state index in [1.165, 1.54) is 0 Å². The SMILES string of the molecule is CCN(CCNCC(F)(F)F)c1cccc(C)c1. The third-order valence-electron chi connectivity index (χ3n) is 2.63. The molecule has 0 aliphatic rings. The summed E-state index contributed by atoms with van der Waals surface area (Å²) in [6.07, 6.45) is -4.14. The Morgan fingerprint density at radius 1 is 1.28 bits per heavy atom. The second kappa shape index (κ2) is 6.64. The quantitative estimate of drug-likeness (QED) is 0.791. The van der Waals surface area contributed by atoms with Crippen molar-refractivity contribution in [2.75, 3.05) is 31.1 Å². The van der Waals surface area contributed by atoms with Crippen molar-refractivity contribution in [2.24, 2.45) is 0 Å². The molecule has 1 rings (SSSR count). The number of hydrogen-bond acceptors (Lipinski definition) is 2. The lowest BCUT2D eigenvalue weighted by Crippen LogP contribution is -2.36. The lowest BCUT2D eigenvalue weighted by molar-refractivity contribution is -0.124. The van der Waals surface area contributed by atoms with Crippen LogP contribution < -0.4 is 10.2 Å². The van der Waals surface area contributed by atoms with Gasteiger partial charge in [0.1, 0.15) is 0 Å². The van der Waals surface area contributed by atoms with Crippen LogP contribution in [0, 0.1) is 6.92 Å². The first-order valence-electron chi connectivity index (χ1n) is 6.01. The molecule has 0 unspecified atom stereocenters. The summed E-state index contributed by atoms with van der Waals surface area (Å²) in [6, 6.07) is 7.96. The summed E-state index contributed by atoms with van der Waals surface area (Å²) < 4.78 is 35.9. The first-order valence-corrected chi connectivity index (χ1v) is 6.01. The van der Waals surface area contributed by atoms with Gasteiger partial charge in [0.15, 0.2) is 0 Å². The van der Waals surface area contributed by atoms with E-state index in [0.29, 0.717) is 13.1 Å². The van der Waals surface area contributed by atoms with Crippen molar-refractivity contribution >= 4 is 5.69 Å². The molecule has 1 aromatic rings. The van der Waals surface area contributed by atoms with E-state index in [1.807, 2.05) is 38.1 Å².